The zero-order chi connectivity index (χ0) is 13.8. The summed E-state index contributed by atoms with van der Waals surface area (Å²) >= 11 is 0. The van der Waals surface area contributed by atoms with Crippen molar-refractivity contribution in [3.8, 4) is 5.75 Å². The fraction of sp³-hybridized carbons (Fsp3) is 0.647. The van der Waals surface area contributed by atoms with Gasteiger partial charge in [0, 0.05) is 5.41 Å². The average molecular weight is 275 g/mol. The third kappa shape index (κ3) is 3.53. The van der Waals surface area contributed by atoms with Gasteiger partial charge in [0.25, 0.3) is 0 Å². The monoisotopic (exact) mass is 275 g/mol. The Kier molecular flexibility index (Phi) is 4.27. The van der Waals surface area contributed by atoms with Gasteiger partial charge in [-0.1, -0.05) is 19.1 Å². The average Bonchev–Trinajstić information content (AvgIpc) is 2.45. The Morgan fingerprint density at radius 1 is 1.30 bits per heavy atom. The van der Waals surface area contributed by atoms with Gasteiger partial charge in [-0.3, -0.25) is 0 Å². The second kappa shape index (κ2) is 6.15. The first-order valence-electron chi connectivity index (χ1n) is 7.74. The number of benzene rings is 1. The molecule has 3 rings (SSSR count). The molecule has 3 nitrogen and oxygen atoms in total. The maximum atomic E-state index is 5.95. The van der Waals surface area contributed by atoms with Gasteiger partial charge in [-0.15, -0.1) is 0 Å². The first-order valence-corrected chi connectivity index (χ1v) is 7.74. The third-order valence-corrected chi connectivity index (χ3v) is 4.37. The van der Waals surface area contributed by atoms with E-state index in [4.69, 9.17) is 9.47 Å². The van der Waals surface area contributed by atoms with Gasteiger partial charge in [0.15, 0.2) is 0 Å². The van der Waals surface area contributed by atoms with Gasteiger partial charge in [0.1, 0.15) is 5.75 Å². The van der Waals surface area contributed by atoms with Crippen molar-refractivity contribution in [3.05, 3.63) is 29.8 Å². The predicted molar refractivity (Wildman–Crippen MR) is 80.2 cm³/mol. The molecule has 1 aromatic carbocycles. The van der Waals surface area contributed by atoms with Crippen LogP contribution in [0.5, 0.6) is 5.75 Å². The minimum Gasteiger partial charge on any atom is -0.493 e. The molecule has 0 amide bonds. The molecule has 3 heteroatoms. The lowest BCUT2D eigenvalue weighted by Gasteiger charge is -2.37. The van der Waals surface area contributed by atoms with E-state index in [1.165, 1.54) is 37.9 Å². The molecule has 0 saturated carbocycles. The molecule has 110 valence electrons. The van der Waals surface area contributed by atoms with Crippen LogP contribution in [0, 0.1) is 11.3 Å². The summed E-state index contributed by atoms with van der Waals surface area (Å²) < 4.78 is 11.2. The highest BCUT2D eigenvalue weighted by Crippen LogP contribution is 2.28. The molecule has 1 aromatic rings. The number of hydrogen-bond acceptors (Lipinski definition) is 3. The van der Waals surface area contributed by atoms with Crippen LogP contribution in [0.1, 0.15) is 25.3 Å². The lowest BCUT2D eigenvalue weighted by atomic mass is 9.90. The summed E-state index contributed by atoms with van der Waals surface area (Å²) in [6.45, 7) is 6.95. The van der Waals surface area contributed by atoms with E-state index in [0.29, 0.717) is 0 Å². The molecule has 1 N–H and O–H groups in total. The third-order valence-electron chi connectivity index (χ3n) is 4.37. The van der Waals surface area contributed by atoms with Crippen molar-refractivity contribution in [1.82, 2.24) is 5.32 Å². The first-order chi connectivity index (χ1) is 9.73. The van der Waals surface area contributed by atoms with Crippen LogP contribution in [0.4, 0.5) is 0 Å². The standard InChI is InChI=1S/C17H25NO2/c1-17(11-19-12-17)13-20-16-4-2-3-15(10-16)9-14-5-7-18-8-6-14/h2-4,10,14,18H,5-9,11-13H2,1H3. The number of ether oxygens (including phenoxy) is 2. The van der Waals surface area contributed by atoms with E-state index < -0.39 is 0 Å². The number of rotatable bonds is 5. The van der Waals surface area contributed by atoms with Crippen LogP contribution in [-0.2, 0) is 11.2 Å². The molecule has 0 atom stereocenters. The number of nitrogens with one attached hydrogen (secondary N) is 1. The summed E-state index contributed by atoms with van der Waals surface area (Å²) in [4.78, 5) is 0. The molecule has 0 radical (unpaired) electrons. The Morgan fingerprint density at radius 2 is 2.10 bits per heavy atom. The minimum atomic E-state index is 0.213. The molecular weight excluding hydrogens is 250 g/mol. The lowest BCUT2D eigenvalue weighted by molar-refractivity contribution is -0.120. The maximum Gasteiger partial charge on any atom is 0.119 e. The van der Waals surface area contributed by atoms with Crippen molar-refractivity contribution in [3.63, 3.8) is 0 Å². The smallest absolute Gasteiger partial charge is 0.119 e. The van der Waals surface area contributed by atoms with Gasteiger partial charge < -0.3 is 14.8 Å². The molecule has 0 aliphatic carbocycles. The molecule has 20 heavy (non-hydrogen) atoms. The Hall–Kier alpha value is -1.06. The zero-order valence-electron chi connectivity index (χ0n) is 12.4. The largest absolute Gasteiger partial charge is 0.493 e. The topological polar surface area (TPSA) is 30.5 Å². The van der Waals surface area contributed by atoms with Crippen molar-refractivity contribution in [2.24, 2.45) is 11.3 Å². The molecule has 0 unspecified atom stereocenters. The Balaban J connectivity index is 1.54. The van der Waals surface area contributed by atoms with E-state index in [1.54, 1.807) is 0 Å². The molecule has 0 aromatic heterocycles. The Labute approximate surface area is 121 Å². The molecular formula is C17H25NO2. The summed E-state index contributed by atoms with van der Waals surface area (Å²) in [5.41, 5.74) is 1.62. The summed E-state index contributed by atoms with van der Waals surface area (Å²) in [6, 6.07) is 8.62. The number of piperidine rings is 1. The Bertz CT molecular complexity index is 436. The highest BCUT2D eigenvalue weighted by Gasteiger charge is 2.34. The van der Waals surface area contributed by atoms with Gasteiger partial charge in [-0.25, -0.2) is 0 Å². The first kappa shape index (κ1) is 13.9. The normalized spacial score (nSPS) is 22.2. The summed E-state index contributed by atoms with van der Waals surface area (Å²) in [5, 5.41) is 3.43. The van der Waals surface area contributed by atoms with Crippen LogP contribution in [-0.4, -0.2) is 32.9 Å². The fourth-order valence-corrected chi connectivity index (χ4v) is 2.97. The second-order valence-electron chi connectivity index (χ2n) is 6.64. The van der Waals surface area contributed by atoms with Crippen molar-refractivity contribution in [2.45, 2.75) is 26.2 Å². The molecule has 2 saturated heterocycles. The highest BCUT2D eigenvalue weighted by molar-refractivity contribution is 5.29. The second-order valence-corrected chi connectivity index (χ2v) is 6.64. The fourth-order valence-electron chi connectivity index (χ4n) is 2.97. The maximum absolute atomic E-state index is 5.95. The number of hydrogen-bond donors (Lipinski definition) is 1. The molecule has 0 spiro atoms. The summed E-state index contributed by atoms with van der Waals surface area (Å²) in [7, 11) is 0. The van der Waals surface area contributed by atoms with Crippen molar-refractivity contribution in [1.29, 1.82) is 0 Å². The molecule has 2 fully saturated rings. The minimum absolute atomic E-state index is 0.213. The molecule has 2 heterocycles. The van der Waals surface area contributed by atoms with E-state index in [1.807, 2.05) is 0 Å². The quantitative estimate of drug-likeness (QED) is 0.896. The van der Waals surface area contributed by atoms with Crippen LogP contribution in [0.3, 0.4) is 0 Å². The van der Waals surface area contributed by atoms with Crippen LogP contribution in [0.25, 0.3) is 0 Å². The van der Waals surface area contributed by atoms with Crippen molar-refractivity contribution < 1.29 is 9.47 Å². The molecule has 0 bridgehead atoms. The summed E-state index contributed by atoms with van der Waals surface area (Å²) in [6.07, 6.45) is 3.76. The van der Waals surface area contributed by atoms with E-state index in [2.05, 4.69) is 36.5 Å². The van der Waals surface area contributed by atoms with Gasteiger partial charge >= 0.3 is 0 Å². The van der Waals surface area contributed by atoms with Crippen LogP contribution >= 0.6 is 0 Å². The SMILES string of the molecule is CC1(COc2cccc(CC3CCNCC3)c2)COC1. The van der Waals surface area contributed by atoms with E-state index >= 15 is 0 Å². The highest BCUT2D eigenvalue weighted by atomic mass is 16.5. The van der Waals surface area contributed by atoms with E-state index in [0.717, 1.165) is 31.5 Å². The predicted octanol–water partition coefficient (Wildman–Crippen LogP) is 2.64. The van der Waals surface area contributed by atoms with Gasteiger partial charge in [0.2, 0.25) is 0 Å². The molecule has 2 aliphatic heterocycles. The van der Waals surface area contributed by atoms with Gasteiger partial charge in [-0.2, -0.15) is 0 Å². The van der Waals surface area contributed by atoms with Crippen molar-refractivity contribution >= 4 is 0 Å². The van der Waals surface area contributed by atoms with Gasteiger partial charge in [-0.05, 0) is 56.0 Å². The summed E-state index contributed by atoms with van der Waals surface area (Å²) in [5.74, 6) is 1.83. The zero-order valence-corrected chi connectivity index (χ0v) is 12.4. The van der Waals surface area contributed by atoms with Crippen LogP contribution in [0.2, 0.25) is 0 Å². The van der Waals surface area contributed by atoms with Crippen LogP contribution in [0.15, 0.2) is 24.3 Å². The Morgan fingerprint density at radius 3 is 2.80 bits per heavy atom. The van der Waals surface area contributed by atoms with E-state index in [-0.39, 0.29) is 5.41 Å². The van der Waals surface area contributed by atoms with Gasteiger partial charge in [0.05, 0.1) is 19.8 Å². The van der Waals surface area contributed by atoms with Crippen LogP contribution < -0.4 is 10.1 Å². The van der Waals surface area contributed by atoms with E-state index in [9.17, 15) is 0 Å². The molecule has 2 aliphatic rings. The lowest BCUT2D eigenvalue weighted by Crippen LogP contribution is -2.44. The van der Waals surface area contributed by atoms with Crippen molar-refractivity contribution in [2.75, 3.05) is 32.9 Å².